The molecule has 0 bridgehead atoms. The molecule has 4 aliphatic rings. The van der Waals surface area contributed by atoms with E-state index in [1.54, 1.807) is 0 Å². The van der Waals surface area contributed by atoms with E-state index in [0.29, 0.717) is 37.0 Å². The monoisotopic (exact) mass is 487 g/mol. The highest BCUT2D eigenvalue weighted by atomic mass is 16.5. The Bertz CT molecular complexity index is 1070. The van der Waals surface area contributed by atoms with Crippen LogP contribution in [-0.4, -0.2) is 48.1 Å². The van der Waals surface area contributed by atoms with Crippen LogP contribution in [0.5, 0.6) is 0 Å². The van der Waals surface area contributed by atoms with Crippen LogP contribution in [0.15, 0.2) is 42.5 Å². The maximum absolute atomic E-state index is 14.6. The van der Waals surface area contributed by atoms with Gasteiger partial charge in [-0.05, 0) is 68.1 Å². The van der Waals surface area contributed by atoms with Gasteiger partial charge >= 0.3 is 0 Å². The third-order valence-electron chi connectivity index (χ3n) is 9.73. The van der Waals surface area contributed by atoms with Gasteiger partial charge in [0.1, 0.15) is 0 Å². The van der Waals surface area contributed by atoms with Crippen LogP contribution in [0.2, 0.25) is 0 Å². The standard InChI is InChI=1S/C31H41N3O2/c1-22-12-13-26-28(33-22)20-36-17-15-31(26)21-32-19-27(31)30(35)34-16-14-25(23-8-4-2-5-9-23)18-29(34)24-10-6-3-7-11-24/h2,4-5,8-9,12-13,24-25,27,29,32H,3,6-7,10-11,14-21H2,1H3/t25-,27?,29+,31+/m1/s1. The van der Waals surface area contributed by atoms with Crippen molar-refractivity contribution >= 4 is 5.91 Å². The molecule has 0 radical (unpaired) electrons. The molecule has 2 saturated heterocycles. The highest BCUT2D eigenvalue weighted by Gasteiger charge is 2.52. The van der Waals surface area contributed by atoms with Crippen LogP contribution in [0, 0.1) is 18.8 Å². The molecule has 1 aromatic carbocycles. The van der Waals surface area contributed by atoms with E-state index in [0.717, 1.165) is 50.3 Å². The summed E-state index contributed by atoms with van der Waals surface area (Å²) in [6.07, 6.45) is 9.54. The summed E-state index contributed by atoms with van der Waals surface area (Å²) in [6.45, 7) is 5.73. The molecule has 4 atom stereocenters. The number of amides is 1. The Hall–Kier alpha value is -2.24. The van der Waals surface area contributed by atoms with Crippen LogP contribution in [0.3, 0.4) is 0 Å². The number of aryl methyl sites for hydroxylation is 1. The smallest absolute Gasteiger partial charge is 0.228 e. The number of nitrogens with zero attached hydrogens (tertiary/aromatic N) is 2. The molecule has 1 aromatic heterocycles. The van der Waals surface area contributed by atoms with Crippen molar-refractivity contribution in [2.45, 2.75) is 82.3 Å². The van der Waals surface area contributed by atoms with E-state index in [1.807, 2.05) is 6.92 Å². The number of pyridine rings is 1. The zero-order valence-electron chi connectivity index (χ0n) is 21.8. The molecule has 6 rings (SSSR count). The lowest BCUT2D eigenvalue weighted by Gasteiger charge is -2.47. The zero-order valence-corrected chi connectivity index (χ0v) is 21.8. The molecule has 4 heterocycles. The third kappa shape index (κ3) is 4.39. The number of piperidine rings is 1. The van der Waals surface area contributed by atoms with Crippen LogP contribution in [0.25, 0.3) is 0 Å². The average molecular weight is 488 g/mol. The fourth-order valence-corrected chi connectivity index (χ4v) is 7.82. The van der Waals surface area contributed by atoms with Crippen LogP contribution in [0.4, 0.5) is 0 Å². The Balaban J connectivity index is 1.31. The van der Waals surface area contributed by atoms with Crippen LogP contribution in [0.1, 0.15) is 79.8 Å². The normalized spacial score (nSPS) is 31.2. The molecule has 1 aliphatic carbocycles. The fourth-order valence-electron chi connectivity index (χ4n) is 7.82. The Morgan fingerprint density at radius 3 is 2.75 bits per heavy atom. The number of rotatable bonds is 3. The zero-order chi connectivity index (χ0) is 24.5. The van der Waals surface area contributed by atoms with E-state index in [-0.39, 0.29) is 11.3 Å². The molecule has 1 N–H and O–H groups in total. The first kappa shape index (κ1) is 24.1. The van der Waals surface area contributed by atoms with Crippen molar-refractivity contribution in [1.29, 1.82) is 0 Å². The first-order valence-corrected chi connectivity index (χ1v) is 14.3. The van der Waals surface area contributed by atoms with E-state index >= 15 is 0 Å². The number of aromatic nitrogens is 1. The molecule has 192 valence electrons. The number of hydrogen-bond acceptors (Lipinski definition) is 4. The minimum absolute atomic E-state index is 0.0539. The Kier molecular flexibility index (Phi) is 6.87. The van der Waals surface area contributed by atoms with Crippen molar-refractivity contribution in [1.82, 2.24) is 15.2 Å². The minimum Gasteiger partial charge on any atom is -0.375 e. The van der Waals surface area contributed by atoms with Crippen molar-refractivity contribution in [3.63, 3.8) is 0 Å². The van der Waals surface area contributed by atoms with Gasteiger partial charge in [-0.25, -0.2) is 0 Å². The third-order valence-corrected chi connectivity index (χ3v) is 9.73. The second-order valence-electron chi connectivity index (χ2n) is 11.7. The van der Waals surface area contributed by atoms with Gasteiger partial charge in [0.2, 0.25) is 5.91 Å². The number of likely N-dealkylation sites (tertiary alicyclic amines) is 1. The topological polar surface area (TPSA) is 54.5 Å². The van der Waals surface area contributed by atoms with Crippen molar-refractivity contribution in [3.05, 3.63) is 65.0 Å². The summed E-state index contributed by atoms with van der Waals surface area (Å²) in [5, 5.41) is 3.63. The van der Waals surface area contributed by atoms with Gasteiger partial charge in [-0.1, -0.05) is 55.7 Å². The molecule has 1 spiro atoms. The molecule has 2 aromatic rings. The predicted octanol–water partition coefficient (Wildman–Crippen LogP) is 5.12. The molecular formula is C31H41N3O2. The maximum Gasteiger partial charge on any atom is 0.228 e. The average Bonchev–Trinajstić information content (AvgIpc) is 3.27. The Morgan fingerprint density at radius 1 is 1.08 bits per heavy atom. The molecule has 5 nitrogen and oxygen atoms in total. The lowest BCUT2D eigenvalue weighted by atomic mass is 9.68. The molecular weight excluding hydrogens is 446 g/mol. The molecule has 1 saturated carbocycles. The van der Waals surface area contributed by atoms with E-state index in [1.165, 1.54) is 43.2 Å². The molecule has 3 fully saturated rings. The quantitative estimate of drug-likeness (QED) is 0.653. The first-order chi connectivity index (χ1) is 17.7. The SMILES string of the molecule is Cc1ccc2c(n1)COCC[C@]21CNCC1C(=O)N1CC[C@@H](c2ccccc2)C[C@H]1C1CCCCC1. The van der Waals surface area contributed by atoms with Crippen molar-refractivity contribution in [2.24, 2.45) is 11.8 Å². The number of hydrogen-bond donors (Lipinski definition) is 1. The van der Waals surface area contributed by atoms with E-state index < -0.39 is 0 Å². The van der Waals surface area contributed by atoms with Crippen LogP contribution in [-0.2, 0) is 21.6 Å². The Morgan fingerprint density at radius 2 is 1.92 bits per heavy atom. The lowest BCUT2D eigenvalue weighted by molar-refractivity contribution is -0.143. The number of ether oxygens (including phenoxy) is 1. The fraction of sp³-hybridized carbons (Fsp3) is 0.613. The summed E-state index contributed by atoms with van der Waals surface area (Å²) in [5.74, 6) is 1.50. The van der Waals surface area contributed by atoms with Crippen molar-refractivity contribution < 1.29 is 9.53 Å². The minimum atomic E-state index is -0.225. The van der Waals surface area contributed by atoms with Gasteiger partial charge in [-0.3, -0.25) is 9.78 Å². The van der Waals surface area contributed by atoms with Gasteiger partial charge in [0.05, 0.1) is 18.2 Å². The van der Waals surface area contributed by atoms with Gasteiger partial charge in [0.15, 0.2) is 0 Å². The van der Waals surface area contributed by atoms with E-state index in [9.17, 15) is 4.79 Å². The summed E-state index contributed by atoms with van der Waals surface area (Å²) < 4.78 is 6.00. The van der Waals surface area contributed by atoms with Crippen LogP contribution >= 0.6 is 0 Å². The predicted molar refractivity (Wildman–Crippen MR) is 142 cm³/mol. The summed E-state index contributed by atoms with van der Waals surface area (Å²) in [5.41, 5.74) is 4.50. The van der Waals surface area contributed by atoms with Gasteiger partial charge in [-0.15, -0.1) is 0 Å². The highest BCUT2D eigenvalue weighted by molar-refractivity contribution is 5.82. The summed E-state index contributed by atoms with van der Waals surface area (Å²) in [7, 11) is 0. The van der Waals surface area contributed by atoms with Crippen molar-refractivity contribution in [3.8, 4) is 0 Å². The second kappa shape index (κ2) is 10.3. The number of fused-ring (bicyclic) bond motifs is 2. The number of carbonyl (C=O) groups is 1. The van der Waals surface area contributed by atoms with Gasteiger partial charge in [0, 0.05) is 43.4 Å². The molecule has 1 amide bonds. The molecule has 5 heteroatoms. The number of nitrogens with one attached hydrogen (secondary N) is 1. The molecule has 36 heavy (non-hydrogen) atoms. The first-order valence-electron chi connectivity index (χ1n) is 14.3. The van der Waals surface area contributed by atoms with Gasteiger partial charge in [0.25, 0.3) is 0 Å². The highest BCUT2D eigenvalue weighted by Crippen LogP contribution is 2.45. The second-order valence-corrected chi connectivity index (χ2v) is 11.7. The van der Waals surface area contributed by atoms with Gasteiger partial charge < -0.3 is 15.0 Å². The Labute approximate surface area is 216 Å². The lowest BCUT2D eigenvalue weighted by Crippen LogP contribution is -2.55. The molecule has 1 unspecified atom stereocenters. The van der Waals surface area contributed by atoms with Crippen LogP contribution < -0.4 is 5.32 Å². The van der Waals surface area contributed by atoms with E-state index in [4.69, 9.17) is 9.72 Å². The maximum atomic E-state index is 14.6. The largest absolute Gasteiger partial charge is 0.375 e. The number of carbonyl (C=O) groups excluding carboxylic acids is 1. The summed E-state index contributed by atoms with van der Waals surface area (Å²) in [4.78, 5) is 21.8. The summed E-state index contributed by atoms with van der Waals surface area (Å²) in [6, 6.07) is 15.7. The number of benzene rings is 1. The van der Waals surface area contributed by atoms with Gasteiger partial charge in [-0.2, -0.15) is 0 Å². The summed E-state index contributed by atoms with van der Waals surface area (Å²) >= 11 is 0. The van der Waals surface area contributed by atoms with Crippen molar-refractivity contribution in [2.75, 3.05) is 26.2 Å². The van der Waals surface area contributed by atoms with E-state index in [2.05, 4.69) is 52.7 Å². The molecule has 3 aliphatic heterocycles.